The summed E-state index contributed by atoms with van der Waals surface area (Å²) in [5.74, 6) is 0. The minimum Gasteiger partial charge on any atom is -0.376 e. The predicted octanol–water partition coefficient (Wildman–Crippen LogP) is 15.3. The maximum absolute atomic E-state index is 2.72. The molecule has 0 spiro atoms. The molecule has 2 nitrogen and oxygen atoms in total. The van der Waals surface area contributed by atoms with Crippen LogP contribution in [0.25, 0.3) is 53.2 Å². The minimum absolute atomic E-state index is 0.0621. The highest BCUT2D eigenvalue weighted by atomic mass is 32.1. The fraction of sp³-hybridized carbons (Fsp3) is 0.207. The van der Waals surface area contributed by atoms with Crippen LogP contribution < -0.4 is 20.6 Å². The van der Waals surface area contributed by atoms with Crippen molar-refractivity contribution in [3.63, 3.8) is 0 Å². The molecule has 0 radical (unpaired) electrons. The summed E-state index contributed by atoms with van der Waals surface area (Å²) in [6.07, 6.45) is 5.76. The van der Waals surface area contributed by atoms with Crippen molar-refractivity contribution in [3.05, 3.63) is 174 Å². The summed E-state index contributed by atoms with van der Waals surface area (Å²) in [6.45, 7) is 12.1. The van der Waals surface area contributed by atoms with Gasteiger partial charge in [-0.25, -0.2) is 0 Å². The van der Waals surface area contributed by atoms with Gasteiger partial charge in [0.1, 0.15) is 0 Å². The van der Waals surface area contributed by atoms with Crippen LogP contribution in [0.15, 0.2) is 158 Å². The number of fused-ring (bicyclic) bond motifs is 11. The molecule has 12 rings (SSSR count). The average Bonchev–Trinajstić information content (AvgIpc) is 3.69. The molecule has 0 saturated heterocycles. The second kappa shape index (κ2) is 14.0. The molecule has 2 aliphatic heterocycles. The maximum Gasteiger partial charge on any atom is 0.333 e. The van der Waals surface area contributed by atoms with Gasteiger partial charge in [-0.3, -0.25) is 0 Å². The lowest BCUT2D eigenvalue weighted by Crippen LogP contribution is -2.61. The first kappa shape index (κ1) is 37.6. The van der Waals surface area contributed by atoms with E-state index < -0.39 is 0 Å². The van der Waals surface area contributed by atoms with E-state index in [-0.39, 0.29) is 17.7 Å². The van der Waals surface area contributed by atoms with Gasteiger partial charge in [0.05, 0.1) is 11.4 Å². The third kappa shape index (κ3) is 5.55. The van der Waals surface area contributed by atoms with E-state index >= 15 is 0 Å². The molecule has 1 aromatic heterocycles. The highest BCUT2D eigenvalue weighted by Gasteiger charge is 2.48. The lowest BCUT2D eigenvalue weighted by atomic mass is 9.42. The maximum atomic E-state index is 2.72. The van der Waals surface area contributed by atoms with Crippen LogP contribution in [0.4, 0.5) is 28.4 Å². The summed E-state index contributed by atoms with van der Waals surface area (Å²) in [6, 6.07) is 60.7. The monoisotopic (exact) mass is 818 g/mol. The molecule has 1 aliphatic carbocycles. The Morgan fingerprint density at radius 2 is 1.29 bits per heavy atom. The molecule has 3 aliphatic rings. The van der Waals surface area contributed by atoms with Crippen molar-refractivity contribution in [2.45, 2.75) is 77.6 Å². The molecule has 0 fully saturated rings. The Kier molecular flexibility index (Phi) is 8.48. The third-order valence-electron chi connectivity index (χ3n) is 14.6. The van der Waals surface area contributed by atoms with Crippen LogP contribution >= 0.6 is 11.3 Å². The van der Waals surface area contributed by atoms with Gasteiger partial charge in [-0.05, 0) is 141 Å². The molecule has 0 bridgehead atoms. The van der Waals surface area contributed by atoms with E-state index in [9.17, 15) is 0 Å². The van der Waals surface area contributed by atoms with Gasteiger partial charge < -0.3 is 9.71 Å². The number of rotatable bonds is 6. The second-order valence-corrected chi connectivity index (χ2v) is 20.4. The molecule has 0 saturated carbocycles. The molecule has 4 heteroatoms. The summed E-state index contributed by atoms with van der Waals surface area (Å²) >= 11 is 1.91. The molecule has 0 atom stereocenters. The van der Waals surface area contributed by atoms with Crippen LogP contribution in [0.1, 0.15) is 77.0 Å². The molecular formula is C58H51BN2S. The number of thiophene rings is 1. The number of hydrogen-bond donors (Lipinski definition) is 0. The first-order valence-electron chi connectivity index (χ1n) is 22.7. The van der Waals surface area contributed by atoms with Gasteiger partial charge in [0.2, 0.25) is 0 Å². The van der Waals surface area contributed by atoms with E-state index in [4.69, 9.17) is 0 Å². The van der Waals surface area contributed by atoms with E-state index in [0.29, 0.717) is 0 Å². The van der Waals surface area contributed by atoms with E-state index in [2.05, 4.69) is 202 Å². The predicted molar refractivity (Wildman–Crippen MR) is 270 cm³/mol. The van der Waals surface area contributed by atoms with Crippen molar-refractivity contribution in [1.82, 2.24) is 0 Å². The molecule has 3 heterocycles. The van der Waals surface area contributed by atoms with Crippen molar-refractivity contribution in [2.75, 3.05) is 9.71 Å². The fourth-order valence-electron chi connectivity index (χ4n) is 11.4. The number of aryl methyl sites for hydroxylation is 1. The van der Waals surface area contributed by atoms with E-state index in [1.165, 1.54) is 135 Å². The first-order valence-corrected chi connectivity index (χ1v) is 23.6. The molecule has 62 heavy (non-hydrogen) atoms. The van der Waals surface area contributed by atoms with Gasteiger partial charge in [0.25, 0.3) is 0 Å². The molecule has 9 aromatic rings. The summed E-state index contributed by atoms with van der Waals surface area (Å²) in [4.78, 5) is 5.42. The van der Waals surface area contributed by atoms with Crippen molar-refractivity contribution >= 4 is 88.5 Å². The molecule has 8 aromatic carbocycles. The summed E-state index contributed by atoms with van der Waals surface area (Å²) in [5.41, 5.74) is 18.8. The zero-order chi connectivity index (χ0) is 41.9. The lowest BCUT2D eigenvalue weighted by Gasteiger charge is -2.48. The number of hydrogen-bond acceptors (Lipinski definition) is 3. The summed E-state index contributed by atoms with van der Waals surface area (Å²) in [7, 11) is 0. The first-order chi connectivity index (χ1) is 30.2. The Morgan fingerprint density at radius 3 is 2.06 bits per heavy atom. The molecule has 0 N–H and O–H groups in total. The number of anilines is 5. The van der Waals surface area contributed by atoms with Crippen LogP contribution in [-0.2, 0) is 17.3 Å². The Balaban J connectivity index is 1.27. The number of unbranched alkanes of at least 4 members (excludes halogenated alkanes) is 1. The Hall–Kier alpha value is -6.10. The van der Waals surface area contributed by atoms with Gasteiger partial charge in [-0.1, -0.05) is 144 Å². The highest BCUT2D eigenvalue weighted by molar-refractivity contribution is 7.26. The average molecular weight is 819 g/mol. The third-order valence-corrected chi connectivity index (χ3v) is 15.8. The number of benzene rings is 8. The Bertz CT molecular complexity index is 3250. The highest BCUT2D eigenvalue weighted by Crippen LogP contribution is 2.56. The van der Waals surface area contributed by atoms with E-state index in [0.717, 1.165) is 6.42 Å². The fourth-order valence-corrected chi connectivity index (χ4v) is 12.5. The van der Waals surface area contributed by atoms with Crippen molar-refractivity contribution in [2.24, 2.45) is 0 Å². The normalized spacial score (nSPS) is 15.7. The molecule has 0 unspecified atom stereocenters. The van der Waals surface area contributed by atoms with Crippen LogP contribution in [-0.4, -0.2) is 6.85 Å². The van der Waals surface area contributed by atoms with Crippen molar-refractivity contribution in [3.8, 4) is 22.3 Å². The Labute approximate surface area is 370 Å². The second-order valence-electron chi connectivity index (χ2n) is 19.3. The van der Waals surface area contributed by atoms with Gasteiger partial charge in [-0.2, -0.15) is 0 Å². The standard InChI is InChI=1S/C58H51BN2S/c1-6-7-18-37-27-29-48(43(33-37)38-19-10-8-11-20-38)60-50-34-39-21-14-15-24-41(39)53-44-35-45-46(58(4,5)32-31-57(45,2)3)36-49(44)61(40-22-12-9-13-23-40)59(55(50)53)47-28-30-52-54(56(47)60)42-25-16-17-26-51(42)62-52/h8-17,19-30,33-36H,6-7,18,31-32H2,1-5H3. The van der Waals surface area contributed by atoms with Crippen LogP contribution in [0.5, 0.6) is 0 Å². The minimum atomic E-state index is -0.0735. The SMILES string of the molecule is CCCCc1ccc(N2c3cc4ccccc4c4c3B(c3ccc5sc6ccccc6c5c32)N(c2ccccc2)c2cc3c(cc2-4)C(C)(C)CCC3(C)C)c(-c2ccccc2)c1. The molecule has 0 amide bonds. The van der Waals surface area contributed by atoms with Gasteiger partial charge in [0.15, 0.2) is 0 Å². The smallest absolute Gasteiger partial charge is 0.333 e. The van der Waals surface area contributed by atoms with Gasteiger partial charge >= 0.3 is 6.85 Å². The van der Waals surface area contributed by atoms with Crippen molar-refractivity contribution < 1.29 is 0 Å². The molecule has 302 valence electrons. The lowest BCUT2D eigenvalue weighted by molar-refractivity contribution is 0.332. The van der Waals surface area contributed by atoms with Gasteiger partial charge in [0, 0.05) is 48.4 Å². The number of nitrogens with zero attached hydrogens (tertiary/aromatic N) is 2. The Morgan fingerprint density at radius 1 is 0.597 bits per heavy atom. The summed E-state index contributed by atoms with van der Waals surface area (Å²) in [5, 5.41) is 5.25. The van der Waals surface area contributed by atoms with Crippen LogP contribution in [0.3, 0.4) is 0 Å². The zero-order valence-corrected chi connectivity index (χ0v) is 37.2. The van der Waals surface area contributed by atoms with E-state index in [1.807, 2.05) is 11.3 Å². The zero-order valence-electron chi connectivity index (χ0n) is 36.4. The quantitative estimate of drug-likeness (QED) is 0.154. The van der Waals surface area contributed by atoms with Crippen molar-refractivity contribution in [1.29, 1.82) is 0 Å². The topological polar surface area (TPSA) is 6.48 Å². The number of para-hydroxylation sites is 1. The summed E-state index contributed by atoms with van der Waals surface area (Å²) < 4.78 is 2.64. The molecular weight excluding hydrogens is 768 g/mol. The van der Waals surface area contributed by atoms with E-state index in [1.54, 1.807) is 0 Å². The largest absolute Gasteiger partial charge is 0.376 e. The van der Waals surface area contributed by atoms with Gasteiger partial charge in [-0.15, -0.1) is 11.3 Å². The van der Waals surface area contributed by atoms with Crippen LogP contribution in [0.2, 0.25) is 0 Å². The van der Waals surface area contributed by atoms with Crippen LogP contribution in [0, 0.1) is 0 Å².